The van der Waals surface area contributed by atoms with E-state index in [1.54, 1.807) is 7.11 Å². The zero-order chi connectivity index (χ0) is 21.0. The fraction of sp³-hybridized carbons (Fsp3) is 0.565. The van der Waals surface area contributed by atoms with Gasteiger partial charge in [-0.05, 0) is 57.9 Å². The summed E-state index contributed by atoms with van der Waals surface area (Å²) in [6.07, 6.45) is 8.82. The lowest BCUT2D eigenvalue weighted by molar-refractivity contribution is -0.150. The number of phenolic OH excluding ortho intramolecular Hbond substituents is 1. The van der Waals surface area contributed by atoms with Crippen LogP contribution in [-0.2, 0) is 27.3 Å². The summed E-state index contributed by atoms with van der Waals surface area (Å²) in [7, 11) is 1.55. The molecule has 6 heteroatoms. The van der Waals surface area contributed by atoms with Gasteiger partial charge in [-0.2, -0.15) is 0 Å². The van der Waals surface area contributed by atoms with Crippen LogP contribution in [0.1, 0.15) is 78.9 Å². The second kappa shape index (κ2) is 9.33. The van der Waals surface area contributed by atoms with Crippen molar-refractivity contribution < 1.29 is 28.9 Å². The maximum absolute atomic E-state index is 12.1. The molecule has 6 nitrogen and oxygen atoms in total. The van der Waals surface area contributed by atoms with Crippen molar-refractivity contribution in [2.45, 2.75) is 77.9 Å². The van der Waals surface area contributed by atoms with Crippen LogP contribution in [-0.4, -0.2) is 30.3 Å². The van der Waals surface area contributed by atoms with E-state index in [4.69, 9.17) is 14.2 Å². The van der Waals surface area contributed by atoms with Crippen molar-refractivity contribution in [1.29, 1.82) is 0 Å². The van der Waals surface area contributed by atoms with Gasteiger partial charge < -0.3 is 19.3 Å². The van der Waals surface area contributed by atoms with Crippen molar-refractivity contribution in [3.63, 3.8) is 0 Å². The second-order valence-corrected chi connectivity index (χ2v) is 7.92. The van der Waals surface area contributed by atoms with Crippen LogP contribution in [0.25, 0.3) is 0 Å². The minimum atomic E-state index is -0.504. The van der Waals surface area contributed by atoms with Gasteiger partial charge in [0.15, 0.2) is 0 Å². The smallest absolute Gasteiger partial charge is 0.342 e. The molecule has 1 aliphatic heterocycles. The summed E-state index contributed by atoms with van der Waals surface area (Å²) in [6.45, 7) is 3.97. The van der Waals surface area contributed by atoms with Gasteiger partial charge in [-0.1, -0.05) is 18.1 Å². The number of carbonyl (C=O) groups excluding carboxylic acids is 2. The average molecular weight is 402 g/mol. The van der Waals surface area contributed by atoms with Gasteiger partial charge in [0.1, 0.15) is 29.8 Å². The molecule has 0 unspecified atom stereocenters. The van der Waals surface area contributed by atoms with Crippen molar-refractivity contribution in [2.24, 2.45) is 0 Å². The van der Waals surface area contributed by atoms with Gasteiger partial charge >= 0.3 is 11.9 Å². The zero-order valence-corrected chi connectivity index (χ0v) is 17.5. The molecule has 0 bridgehead atoms. The summed E-state index contributed by atoms with van der Waals surface area (Å²) in [5.41, 5.74) is 3.31. The molecule has 0 radical (unpaired) electrons. The number of ether oxygens (including phenoxy) is 3. The Morgan fingerprint density at radius 2 is 1.97 bits per heavy atom. The van der Waals surface area contributed by atoms with Crippen LogP contribution in [0, 0.1) is 6.92 Å². The number of cyclic esters (lactones) is 1. The third-order valence-electron chi connectivity index (χ3n) is 5.88. The van der Waals surface area contributed by atoms with E-state index in [2.05, 4.69) is 0 Å². The molecule has 2 aliphatic rings. The molecule has 1 aliphatic carbocycles. The van der Waals surface area contributed by atoms with Gasteiger partial charge in [0.05, 0.1) is 7.11 Å². The number of hydrogen-bond donors (Lipinski definition) is 1. The van der Waals surface area contributed by atoms with Crippen LogP contribution < -0.4 is 4.74 Å². The largest absolute Gasteiger partial charge is 0.507 e. The summed E-state index contributed by atoms with van der Waals surface area (Å²) in [5.74, 6) is -0.164. The molecular formula is C23H30O6. The van der Waals surface area contributed by atoms with Crippen LogP contribution in [0.3, 0.4) is 0 Å². The SMILES string of the molecule is COc1c(C)c2c(c(O)c1C/C=C(\C)CCC(=O)OC1CCCCC1)C(=O)OC2. The normalized spacial score (nSPS) is 17.1. The molecule has 0 atom stereocenters. The van der Waals surface area contributed by atoms with E-state index >= 15 is 0 Å². The Bertz CT molecular complexity index is 817. The number of hydrogen-bond acceptors (Lipinski definition) is 6. The predicted octanol–water partition coefficient (Wildman–Crippen LogP) is 4.52. The molecular weight excluding hydrogens is 372 g/mol. The van der Waals surface area contributed by atoms with E-state index in [1.807, 2.05) is 19.9 Å². The number of methoxy groups -OCH3 is 1. The Balaban J connectivity index is 1.64. The van der Waals surface area contributed by atoms with Crippen molar-refractivity contribution >= 4 is 11.9 Å². The number of rotatable bonds is 7. The summed E-state index contributed by atoms with van der Waals surface area (Å²) in [5, 5.41) is 10.6. The van der Waals surface area contributed by atoms with Crippen molar-refractivity contribution in [2.75, 3.05) is 7.11 Å². The first-order valence-corrected chi connectivity index (χ1v) is 10.4. The zero-order valence-electron chi connectivity index (χ0n) is 17.5. The Hall–Kier alpha value is -2.50. The number of fused-ring (bicyclic) bond motifs is 1. The van der Waals surface area contributed by atoms with Crippen molar-refractivity contribution in [3.8, 4) is 11.5 Å². The van der Waals surface area contributed by atoms with E-state index in [0.29, 0.717) is 36.1 Å². The molecule has 1 heterocycles. The molecule has 0 aromatic heterocycles. The molecule has 0 spiro atoms. The van der Waals surface area contributed by atoms with Gasteiger partial charge in [-0.3, -0.25) is 4.79 Å². The molecule has 0 saturated heterocycles. The molecule has 1 N–H and O–H groups in total. The molecule has 1 aromatic rings. The Kier molecular flexibility index (Phi) is 6.83. The van der Waals surface area contributed by atoms with Crippen LogP contribution in [0.4, 0.5) is 0 Å². The minimum Gasteiger partial charge on any atom is -0.507 e. The molecule has 158 valence electrons. The number of esters is 2. The summed E-state index contributed by atoms with van der Waals surface area (Å²) >= 11 is 0. The maximum atomic E-state index is 12.1. The third kappa shape index (κ3) is 4.74. The van der Waals surface area contributed by atoms with Gasteiger partial charge in [0, 0.05) is 17.5 Å². The lowest BCUT2D eigenvalue weighted by Gasteiger charge is -2.21. The monoisotopic (exact) mass is 402 g/mol. The highest BCUT2D eigenvalue weighted by Gasteiger charge is 2.31. The quantitative estimate of drug-likeness (QED) is 0.533. The lowest BCUT2D eigenvalue weighted by Crippen LogP contribution is -2.20. The van der Waals surface area contributed by atoms with E-state index in [0.717, 1.165) is 36.8 Å². The number of allylic oxidation sites excluding steroid dienone is 2. The number of benzene rings is 1. The molecule has 0 amide bonds. The first-order valence-electron chi connectivity index (χ1n) is 10.4. The van der Waals surface area contributed by atoms with Crippen LogP contribution in [0.15, 0.2) is 11.6 Å². The summed E-state index contributed by atoms with van der Waals surface area (Å²) in [4.78, 5) is 24.1. The highest BCUT2D eigenvalue weighted by Crippen LogP contribution is 2.42. The molecule has 29 heavy (non-hydrogen) atoms. The van der Waals surface area contributed by atoms with Crippen LogP contribution in [0.2, 0.25) is 0 Å². The standard InChI is InChI=1S/C23H30O6/c1-14(10-12-19(24)29-16-7-5-4-6-8-16)9-11-17-21(25)20-18(13-28-23(20)26)15(2)22(17)27-3/h9,16,25H,4-8,10-13H2,1-3H3/b14-9+. The van der Waals surface area contributed by atoms with Crippen molar-refractivity contribution in [1.82, 2.24) is 0 Å². The molecule has 1 saturated carbocycles. The highest BCUT2D eigenvalue weighted by atomic mass is 16.5. The van der Waals surface area contributed by atoms with Crippen LogP contribution >= 0.6 is 0 Å². The van der Waals surface area contributed by atoms with Crippen LogP contribution in [0.5, 0.6) is 11.5 Å². The van der Waals surface area contributed by atoms with E-state index in [9.17, 15) is 14.7 Å². The first kappa shape index (κ1) is 21.2. The topological polar surface area (TPSA) is 82.1 Å². The molecule has 1 fully saturated rings. The third-order valence-corrected chi connectivity index (χ3v) is 5.88. The fourth-order valence-electron chi connectivity index (χ4n) is 4.13. The summed E-state index contributed by atoms with van der Waals surface area (Å²) in [6, 6.07) is 0. The number of phenols is 1. The minimum absolute atomic E-state index is 0.0780. The van der Waals surface area contributed by atoms with E-state index in [1.165, 1.54) is 6.42 Å². The number of aromatic hydroxyl groups is 1. The first-order chi connectivity index (χ1) is 13.9. The fourth-order valence-corrected chi connectivity index (χ4v) is 4.13. The van der Waals surface area contributed by atoms with E-state index < -0.39 is 5.97 Å². The highest BCUT2D eigenvalue weighted by molar-refractivity contribution is 5.98. The van der Waals surface area contributed by atoms with Gasteiger partial charge in [-0.25, -0.2) is 4.79 Å². The average Bonchev–Trinajstić information content (AvgIpc) is 3.11. The molecule has 3 rings (SSSR count). The Labute approximate surface area is 171 Å². The maximum Gasteiger partial charge on any atom is 0.342 e. The van der Waals surface area contributed by atoms with E-state index in [-0.39, 0.29) is 30.0 Å². The second-order valence-electron chi connectivity index (χ2n) is 7.92. The van der Waals surface area contributed by atoms with Gasteiger partial charge in [-0.15, -0.1) is 0 Å². The molecule has 1 aromatic carbocycles. The number of carbonyl (C=O) groups is 2. The van der Waals surface area contributed by atoms with Gasteiger partial charge in [0.2, 0.25) is 0 Å². The Morgan fingerprint density at radius 1 is 1.24 bits per heavy atom. The Morgan fingerprint density at radius 3 is 2.66 bits per heavy atom. The predicted molar refractivity (Wildman–Crippen MR) is 108 cm³/mol. The van der Waals surface area contributed by atoms with Crippen molar-refractivity contribution in [3.05, 3.63) is 33.9 Å². The summed E-state index contributed by atoms with van der Waals surface area (Å²) < 4.78 is 16.1. The van der Waals surface area contributed by atoms with Gasteiger partial charge in [0.25, 0.3) is 0 Å². The lowest BCUT2D eigenvalue weighted by atomic mass is 9.94.